The van der Waals surface area contributed by atoms with Gasteiger partial charge in [-0.1, -0.05) is 58.0 Å². The molecule has 2 aromatic carbocycles. The van der Waals surface area contributed by atoms with Crippen molar-refractivity contribution in [3.8, 4) is 0 Å². The number of benzene rings is 2. The van der Waals surface area contributed by atoms with Gasteiger partial charge in [0.1, 0.15) is 0 Å². The average Bonchev–Trinajstić information content (AvgIpc) is 2.79. The van der Waals surface area contributed by atoms with E-state index in [1.54, 1.807) is 12.1 Å². The van der Waals surface area contributed by atoms with Crippen molar-refractivity contribution < 1.29 is 18.0 Å². The van der Waals surface area contributed by atoms with Crippen LogP contribution in [0.15, 0.2) is 47.4 Å². The molecule has 1 aliphatic heterocycles. The van der Waals surface area contributed by atoms with E-state index in [-0.39, 0.29) is 35.0 Å². The number of nitrogens with one attached hydrogen (secondary N) is 1. The number of Topliss-reactive ketones (excluding diaryl/α,β-unsaturated/α-hetero) is 1. The van der Waals surface area contributed by atoms with Crippen LogP contribution in [0.25, 0.3) is 0 Å². The van der Waals surface area contributed by atoms with Crippen molar-refractivity contribution in [2.75, 3.05) is 38.0 Å². The lowest BCUT2D eigenvalue weighted by molar-refractivity contribution is -0.117. The third-order valence-electron chi connectivity index (χ3n) is 6.21. The number of carbonyl (C=O) groups is 2. The Labute approximate surface area is 203 Å². The Bertz CT molecular complexity index is 1120. The highest BCUT2D eigenvalue weighted by Crippen LogP contribution is 2.32. The number of para-hydroxylation sites is 1. The van der Waals surface area contributed by atoms with Crippen LogP contribution in [-0.4, -0.2) is 62.0 Å². The summed E-state index contributed by atoms with van der Waals surface area (Å²) in [4.78, 5) is 26.7. The van der Waals surface area contributed by atoms with Gasteiger partial charge in [-0.15, -0.1) is 0 Å². The number of hydrogen-bond acceptors (Lipinski definition) is 5. The second kappa shape index (κ2) is 10.8. The molecule has 0 radical (unpaired) electrons. The van der Waals surface area contributed by atoms with E-state index in [0.29, 0.717) is 31.7 Å². The first-order valence-electron chi connectivity index (χ1n) is 11.8. The van der Waals surface area contributed by atoms with Gasteiger partial charge in [-0.2, -0.15) is 4.31 Å². The molecule has 1 fully saturated rings. The summed E-state index contributed by atoms with van der Waals surface area (Å²) in [5.41, 5.74) is 3.49. The van der Waals surface area contributed by atoms with Gasteiger partial charge in [0.05, 0.1) is 11.4 Å². The van der Waals surface area contributed by atoms with Crippen LogP contribution in [0.3, 0.4) is 0 Å². The van der Waals surface area contributed by atoms with Gasteiger partial charge in [0.25, 0.3) is 0 Å². The second-order valence-corrected chi connectivity index (χ2v) is 11.4. The zero-order chi connectivity index (χ0) is 25.0. The van der Waals surface area contributed by atoms with Gasteiger partial charge in [0.15, 0.2) is 5.78 Å². The minimum atomic E-state index is -3.69. The summed E-state index contributed by atoms with van der Waals surface area (Å²) in [6.07, 6.45) is 0. The Morgan fingerprint density at radius 3 is 2.00 bits per heavy atom. The number of anilines is 1. The van der Waals surface area contributed by atoms with Gasteiger partial charge in [-0.25, -0.2) is 8.42 Å². The van der Waals surface area contributed by atoms with Crippen molar-refractivity contribution in [3.05, 3.63) is 59.2 Å². The Hall–Kier alpha value is -2.55. The topological polar surface area (TPSA) is 86.8 Å². The highest BCUT2D eigenvalue weighted by molar-refractivity contribution is 7.89. The molecule has 0 atom stereocenters. The van der Waals surface area contributed by atoms with E-state index in [9.17, 15) is 18.0 Å². The van der Waals surface area contributed by atoms with E-state index in [4.69, 9.17) is 0 Å². The maximum Gasteiger partial charge on any atom is 0.243 e. The molecule has 2 aromatic rings. The van der Waals surface area contributed by atoms with Gasteiger partial charge in [-0.3, -0.25) is 14.5 Å². The summed E-state index contributed by atoms with van der Waals surface area (Å²) in [5, 5.41) is 3.13. The van der Waals surface area contributed by atoms with Crippen LogP contribution in [0.1, 0.15) is 67.9 Å². The lowest BCUT2D eigenvalue weighted by atomic mass is 9.92. The predicted molar refractivity (Wildman–Crippen MR) is 135 cm³/mol. The normalized spacial score (nSPS) is 15.6. The Morgan fingerprint density at radius 2 is 1.47 bits per heavy atom. The van der Waals surface area contributed by atoms with Gasteiger partial charge in [0, 0.05) is 37.4 Å². The highest BCUT2D eigenvalue weighted by Gasteiger charge is 2.29. The standard InChI is InChI=1S/C26H35N3O4S/c1-18(2)23-10-7-11-24(19(3)4)26(23)27-25(31)17-28-12-14-29(15-13-28)34(32,33)22-9-6-8-21(16-22)20(5)30/h6-11,16,18-19H,12-15,17H2,1-5H3,(H,27,31). The molecule has 1 saturated heterocycles. The molecular weight excluding hydrogens is 450 g/mol. The van der Waals surface area contributed by atoms with E-state index in [2.05, 4.69) is 45.1 Å². The van der Waals surface area contributed by atoms with Crippen LogP contribution in [-0.2, 0) is 14.8 Å². The second-order valence-electron chi connectivity index (χ2n) is 9.43. The fraction of sp³-hybridized carbons (Fsp3) is 0.462. The van der Waals surface area contributed by atoms with E-state index in [1.165, 1.54) is 23.4 Å². The first kappa shape index (κ1) is 26.1. The maximum atomic E-state index is 13.1. The van der Waals surface area contributed by atoms with E-state index in [1.807, 2.05) is 11.0 Å². The molecule has 1 amide bonds. The molecule has 8 heteroatoms. The van der Waals surface area contributed by atoms with Crippen LogP contribution in [0, 0.1) is 0 Å². The SMILES string of the molecule is CC(=O)c1cccc(S(=O)(=O)N2CCN(CC(=O)Nc3c(C(C)C)cccc3C(C)C)CC2)c1. The third kappa shape index (κ3) is 5.92. The van der Waals surface area contributed by atoms with Crippen LogP contribution in [0.4, 0.5) is 5.69 Å². The minimum Gasteiger partial charge on any atom is -0.324 e. The minimum absolute atomic E-state index is 0.0968. The molecule has 0 spiro atoms. The number of sulfonamides is 1. The Kier molecular flexibility index (Phi) is 8.28. The fourth-order valence-electron chi connectivity index (χ4n) is 4.23. The molecule has 184 valence electrons. The average molecular weight is 486 g/mol. The number of piperazine rings is 1. The van der Waals surface area contributed by atoms with Crippen molar-refractivity contribution >= 4 is 27.4 Å². The van der Waals surface area contributed by atoms with Gasteiger partial charge < -0.3 is 5.32 Å². The molecule has 0 bridgehead atoms. The number of hydrogen-bond donors (Lipinski definition) is 1. The molecule has 3 rings (SSSR count). The largest absolute Gasteiger partial charge is 0.324 e. The molecule has 0 saturated carbocycles. The summed E-state index contributed by atoms with van der Waals surface area (Å²) in [6.45, 7) is 11.6. The van der Waals surface area contributed by atoms with E-state index in [0.717, 1.165) is 16.8 Å². The molecule has 7 nitrogen and oxygen atoms in total. The molecule has 1 heterocycles. The van der Waals surface area contributed by atoms with E-state index < -0.39 is 10.0 Å². The number of rotatable bonds is 8. The number of amides is 1. The maximum absolute atomic E-state index is 13.1. The van der Waals surface area contributed by atoms with Crippen molar-refractivity contribution in [2.45, 2.75) is 51.3 Å². The molecule has 0 aliphatic carbocycles. The van der Waals surface area contributed by atoms with Gasteiger partial charge >= 0.3 is 0 Å². The first-order chi connectivity index (χ1) is 16.0. The lowest BCUT2D eigenvalue weighted by Gasteiger charge is -2.33. The molecule has 1 aliphatic rings. The summed E-state index contributed by atoms with van der Waals surface area (Å²) in [6, 6.07) is 12.3. The molecule has 0 unspecified atom stereocenters. The van der Waals surface area contributed by atoms with Crippen LogP contribution < -0.4 is 5.32 Å². The summed E-state index contributed by atoms with van der Waals surface area (Å²) in [7, 11) is -3.69. The smallest absolute Gasteiger partial charge is 0.243 e. The zero-order valence-corrected chi connectivity index (χ0v) is 21.5. The quantitative estimate of drug-likeness (QED) is 0.570. The summed E-state index contributed by atoms with van der Waals surface area (Å²) < 4.78 is 27.5. The van der Waals surface area contributed by atoms with Gasteiger partial charge in [-0.05, 0) is 42.0 Å². The zero-order valence-electron chi connectivity index (χ0n) is 20.7. The number of carbonyl (C=O) groups excluding carboxylic acids is 2. The van der Waals surface area contributed by atoms with Crippen molar-refractivity contribution in [1.29, 1.82) is 0 Å². The number of ketones is 1. The van der Waals surface area contributed by atoms with Crippen LogP contribution in [0.2, 0.25) is 0 Å². The Balaban J connectivity index is 1.64. The van der Waals surface area contributed by atoms with Crippen molar-refractivity contribution in [3.63, 3.8) is 0 Å². The summed E-state index contributed by atoms with van der Waals surface area (Å²) in [5.74, 6) is 0.293. The number of nitrogens with zero attached hydrogens (tertiary/aromatic N) is 2. The predicted octanol–water partition coefficient (Wildman–Crippen LogP) is 4.08. The molecule has 1 N–H and O–H groups in total. The lowest BCUT2D eigenvalue weighted by Crippen LogP contribution is -2.50. The van der Waals surface area contributed by atoms with Crippen molar-refractivity contribution in [2.24, 2.45) is 0 Å². The molecular formula is C26H35N3O4S. The third-order valence-corrected chi connectivity index (χ3v) is 8.11. The molecule has 34 heavy (non-hydrogen) atoms. The monoisotopic (exact) mass is 485 g/mol. The van der Waals surface area contributed by atoms with E-state index >= 15 is 0 Å². The van der Waals surface area contributed by atoms with Gasteiger partial charge in [0.2, 0.25) is 15.9 Å². The van der Waals surface area contributed by atoms with Crippen LogP contribution in [0.5, 0.6) is 0 Å². The summed E-state index contributed by atoms with van der Waals surface area (Å²) >= 11 is 0. The van der Waals surface area contributed by atoms with Crippen LogP contribution >= 0.6 is 0 Å². The van der Waals surface area contributed by atoms with Crippen molar-refractivity contribution in [1.82, 2.24) is 9.21 Å². The fourth-order valence-corrected chi connectivity index (χ4v) is 5.70. The first-order valence-corrected chi connectivity index (χ1v) is 13.2. The molecule has 0 aromatic heterocycles. The Morgan fingerprint density at radius 1 is 0.912 bits per heavy atom. The highest BCUT2D eigenvalue weighted by atomic mass is 32.2.